The number of nitrogens with zero attached hydrogens (tertiary/aromatic N) is 3. The molecule has 0 radical (unpaired) electrons. The lowest BCUT2D eigenvalue weighted by molar-refractivity contribution is -0.119. The number of rotatable bonds is 8. The van der Waals surface area contributed by atoms with Crippen molar-refractivity contribution >= 4 is 35.8 Å². The first kappa shape index (κ1) is 26.7. The van der Waals surface area contributed by atoms with Crippen LogP contribution in [0.4, 0.5) is 0 Å². The quantitative estimate of drug-likeness (QED) is 0.292. The van der Waals surface area contributed by atoms with E-state index < -0.39 is 0 Å². The molecule has 3 rings (SSSR count). The van der Waals surface area contributed by atoms with Gasteiger partial charge in [0.05, 0.1) is 7.11 Å². The maximum absolute atomic E-state index is 11.3. The number of piperidine rings is 2. The van der Waals surface area contributed by atoms with Gasteiger partial charge >= 0.3 is 0 Å². The Balaban J connectivity index is 0.00000363. The van der Waals surface area contributed by atoms with E-state index in [1.165, 1.54) is 18.4 Å². The zero-order valence-corrected chi connectivity index (χ0v) is 21.9. The molecule has 2 fully saturated rings. The molecule has 2 saturated heterocycles. The van der Waals surface area contributed by atoms with Crippen LogP contribution in [0.2, 0.25) is 0 Å². The van der Waals surface area contributed by atoms with Gasteiger partial charge in [-0.05, 0) is 75.2 Å². The number of halogens is 1. The van der Waals surface area contributed by atoms with Crippen LogP contribution in [0.15, 0.2) is 29.3 Å². The third-order valence-electron chi connectivity index (χ3n) is 6.41. The zero-order valence-electron chi connectivity index (χ0n) is 19.6. The van der Waals surface area contributed by atoms with Gasteiger partial charge in [0.2, 0.25) is 5.91 Å². The maximum atomic E-state index is 11.3. The van der Waals surface area contributed by atoms with Crippen LogP contribution in [-0.2, 0) is 11.3 Å². The summed E-state index contributed by atoms with van der Waals surface area (Å²) in [5.41, 5.74) is 6.76. The number of ether oxygens (including phenoxy) is 1. The first-order chi connectivity index (χ1) is 15.1. The molecule has 1 aromatic rings. The number of aliphatic imine (C=N–C) groups is 1. The van der Waals surface area contributed by atoms with Gasteiger partial charge < -0.3 is 20.7 Å². The summed E-state index contributed by atoms with van der Waals surface area (Å²) in [6.45, 7) is 8.94. The average molecular weight is 558 g/mol. The predicted molar refractivity (Wildman–Crippen MR) is 140 cm³/mol. The summed E-state index contributed by atoms with van der Waals surface area (Å²) in [4.78, 5) is 21.2. The average Bonchev–Trinajstić information content (AvgIpc) is 2.78. The Bertz CT molecular complexity index is 720. The second-order valence-corrected chi connectivity index (χ2v) is 8.89. The molecule has 1 atom stereocenters. The summed E-state index contributed by atoms with van der Waals surface area (Å²) in [5, 5.41) is 3.46. The Morgan fingerprint density at radius 2 is 1.88 bits per heavy atom. The Morgan fingerprint density at radius 3 is 2.50 bits per heavy atom. The number of nitrogens with two attached hydrogens (primary N) is 1. The van der Waals surface area contributed by atoms with Crippen LogP contribution in [-0.4, -0.2) is 68.0 Å². The van der Waals surface area contributed by atoms with Crippen molar-refractivity contribution in [3.05, 3.63) is 29.8 Å². The van der Waals surface area contributed by atoms with Gasteiger partial charge in [0.25, 0.3) is 0 Å². The lowest BCUT2D eigenvalue weighted by Gasteiger charge is -2.35. The SMILES string of the molecule is CCNC(=NCC1CCN(Cc2ccc(OC)cc2)CC1)N1CCCC(CC(N)=O)C1.I. The Kier molecular flexibility index (Phi) is 11.6. The topological polar surface area (TPSA) is 83.2 Å². The largest absolute Gasteiger partial charge is 0.497 e. The van der Waals surface area contributed by atoms with E-state index in [0.717, 1.165) is 70.4 Å². The normalized spacial score (nSPS) is 20.5. The molecule has 0 aliphatic carbocycles. The highest BCUT2D eigenvalue weighted by molar-refractivity contribution is 14.0. The fourth-order valence-corrected chi connectivity index (χ4v) is 4.67. The molecule has 1 amide bonds. The summed E-state index contributed by atoms with van der Waals surface area (Å²) in [6, 6.07) is 8.38. The number of guanidine groups is 1. The van der Waals surface area contributed by atoms with Gasteiger partial charge in [0.15, 0.2) is 5.96 Å². The van der Waals surface area contributed by atoms with Crippen molar-refractivity contribution in [2.24, 2.45) is 22.6 Å². The molecule has 0 bridgehead atoms. The fraction of sp³-hybridized carbons (Fsp3) is 0.667. The first-order valence-electron chi connectivity index (χ1n) is 11.7. The molecule has 1 unspecified atom stereocenters. The Labute approximate surface area is 210 Å². The van der Waals surface area contributed by atoms with Crippen molar-refractivity contribution in [1.29, 1.82) is 0 Å². The Hall–Kier alpha value is -1.55. The predicted octanol–water partition coefficient (Wildman–Crippen LogP) is 3.08. The summed E-state index contributed by atoms with van der Waals surface area (Å²) in [6.07, 6.45) is 5.01. The van der Waals surface area contributed by atoms with Crippen LogP contribution in [0, 0.1) is 11.8 Å². The van der Waals surface area contributed by atoms with Crippen molar-refractivity contribution in [3.8, 4) is 5.75 Å². The summed E-state index contributed by atoms with van der Waals surface area (Å²) < 4.78 is 5.25. The van der Waals surface area contributed by atoms with Crippen LogP contribution in [0.5, 0.6) is 5.75 Å². The third-order valence-corrected chi connectivity index (χ3v) is 6.41. The number of nitrogens with one attached hydrogen (secondary N) is 1. The lowest BCUT2D eigenvalue weighted by Crippen LogP contribution is -2.47. The lowest BCUT2D eigenvalue weighted by atomic mass is 9.94. The van der Waals surface area contributed by atoms with Gasteiger partial charge in [0, 0.05) is 39.1 Å². The molecule has 32 heavy (non-hydrogen) atoms. The number of benzene rings is 1. The van der Waals surface area contributed by atoms with E-state index in [2.05, 4.69) is 34.2 Å². The molecular weight excluding hydrogens is 517 g/mol. The first-order valence-corrected chi connectivity index (χ1v) is 11.7. The number of hydrogen-bond acceptors (Lipinski definition) is 4. The van der Waals surface area contributed by atoms with Gasteiger partial charge in [-0.2, -0.15) is 0 Å². The minimum absolute atomic E-state index is 0. The summed E-state index contributed by atoms with van der Waals surface area (Å²) in [7, 11) is 1.70. The smallest absolute Gasteiger partial charge is 0.217 e. The molecule has 180 valence electrons. The van der Waals surface area contributed by atoms with Crippen molar-refractivity contribution in [3.63, 3.8) is 0 Å². The zero-order chi connectivity index (χ0) is 22.1. The second-order valence-electron chi connectivity index (χ2n) is 8.89. The van der Waals surface area contributed by atoms with Crippen molar-refractivity contribution in [1.82, 2.24) is 15.1 Å². The van der Waals surface area contributed by atoms with E-state index >= 15 is 0 Å². The van der Waals surface area contributed by atoms with Crippen molar-refractivity contribution < 1.29 is 9.53 Å². The number of primary amides is 1. The van der Waals surface area contributed by atoms with E-state index in [1.54, 1.807) is 7.11 Å². The van der Waals surface area contributed by atoms with Crippen LogP contribution >= 0.6 is 24.0 Å². The van der Waals surface area contributed by atoms with Crippen LogP contribution in [0.3, 0.4) is 0 Å². The van der Waals surface area contributed by atoms with Gasteiger partial charge in [0.1, 0.15) is 5.75 Å². The highest BCUT2D eigenvalue weighted by Gasteiger charge is 2.24. The van der Waals surface area contributed by atoms with E-state index in [4.69, 9.17) is 15.5 Å². The van der Waals surface area contributed by atoms with E-state index in [9.17, 15) is 4.79 Å². The molecule has 0 aromatic heterocycles. The molecule has 8 heteroatoms. The molecule has 2 heterocycles. The number of carbonyl (C=O) groups is 1. The minimum atomic E-state index is -0.199. The monoisotopic (exact) mass is 557 g/mol. The van der Waals surface area contributed by atoms with Gasteiger partial charge in [-0.25, -0.2) is 0 Å². The number of likely N-dealkylation sites (tertiary alicyclic amines) is 2. The number of hydrogen-bond donors (Lipinski definition) is 2. The fourth-order valence-electron chi connectivity index (χ4n) is 4.67. The molecule has 3 N–H and O–H groups in total. The van der Waals surface area contributed by atoms with E-state index in [0.29, 0.717) is 18.3 Å². The maximum Gasteiger partial charge on any atom is 0.217 e. The standard InChI is InChI=1S/C24H39N5O2.HI/c1-3-26-24(29-12-4-5-21(18-29)15-23(25)30)27-16-19-10-13-28(14-11-19)17-20-6-8-22(31-2)9-7-20;/h6-9,19,21H,3-5,10-18H2,1-2H3,(H2,25,30)(H,26,27);1H. The minimum Gasteiger partial charge on any atom is -0.497 e. The number of carbonyl (C=O) groups excluding carboxylic acids is 1. The number of amides is 1. The van der Waals surface area contributed by atoms with Gasteiger partial charge in [-0.3, -0.25) is 14.7 Å². The van der Waals surface area contributed by atoms with Crippen molar-refractivity contribution in [2.45, 2.75) is 45.6 Å². The van der Waals surface area contributed by atoms with Crippen LogP contribution in [0.1, 0.15) is 44.6 Å². The second kappa shape index (κ2) is 13.9. The molecule has 0 spiro atoms. The molecule has 1 aromatic carbocycles. The van der Waals surface area contributed by atoms with Gasteiger partial charge in [-0.1, -0.05) is 12.1 Å². The van der Waals surface area contributed by atoms with Crippen molar-refractivity contribution in [2.75, 3.05) is 46.4 Å². The molecule has 0 saturated carbocycles. The molecule has 7 nitrogen and oxygen atoms in total. The molecule has 2 aliphatic heterocycles. The number of methoxy groups -OCH3 is 1. The summed E-state index contributed by atoms with van der Waals surface area (Å²) >= 11 is 0. The summed E-state index contributed by atoms with van der Waals surface area (Å²) in [5.74, 6) is 2.68. The van der Waals surface area contributed by atoms with E-state index in [-0.39, 0.29) is 29.9 Å². The highest BCUT2D eigenvalue weighted by atomic mass is 127. The van der Waals surface area contributed by atoms with Gasteiger partial charge in [-0.15, -0.1) is 24.0 Å². The van der Waals surface area contributed by atoms with Crippen LogP contribution in [0.25, 0.3) is 0 Å². The van der Waals surface area contributed by atoms with E-state index in [1.807, 2.05) is 12.1 Å². The highest BCUT2D eigenvalue weighted by Crippen LogP contribution is 2.22. The Morgan fingerprint density at radius 1 is 1.16 bits per heavy atom. The van der Waals surface area contributed by atoms with Crippen LogP contribution < -0.4 is 15.8 Å². The molecule has 2 aliphatic rings. The third kappa shape index (κ3) is 8.42. The molecular formula is C24H40IN5O2.